The number of cyclic esters (lactones) is 1. The summed E-state index contributed by atoms with van der Waals surface area (Å²) in [7, 11) is 0. The third kappa shape index (κ3) is 2.29. The number of esters is 1. The van der Waals surface area contributed by atoms with Gasteiger partial charge in [0.1, 0.15) is 11.6 Å². The summed E-state index contributed by atoms with van der Waals surface area (Å²) >= 11 is 0. The molecule has 0 radical (unpaired) electrons. The highest BCUT2D eigenvalue weighted by atomic mass is 19.1. The topological polar surface area (TPSA) is 46.5 Å². The average molecular weight is 302 g/mol. The second kappa shape index (κ2) is 5.03. The molecule has 0 saturated carbocycles. The van der Waals surface area contributed by atoms with Crippen molar-refractivity contribution in [3.05, 3.63) is 71.3 Å². The molecule has 1 aliphatic rings. The van der Waals surface area contributed by atoms with Crippen molar-refractivity contribution >= 4 is 5.97 Å². The molecule has 2 aromatic carbocycles. The van der Waals surface area contributed by atoms with Crippen LogP contribution in [0.5, 0.6) is 0 Å². The van der Waals surface area contributed by atoms with Crippen molar-refractivity contribution in [2.45, 2.75) is 12.7 Å². The second-order valence-corrected chi connectivity index (χ2v) is 5.09. The highest BCUT2D eigenvalue weighted by molar-refractivity contribution is 5.86. The summed E-state index contributed by atoms with van der Waals surface area (Å²) in [5.74, 6) is -3.73. The van der Waals surface area contributed by atoms with E-state index in [0.29, 0.717) is 16.7 Å². The zero-order chi connectivity index (χ0) is 15.9. The van der Waals surface area contributed by atoms with Gasteiger partial charge in [0, 0.05) is 28.8 Å². The maximum absolute atomic E-state index is 13.8. The first-order valence-electron chi connectivity index (χ1n) is 6.60. The number of aliphatic hydroxyl groups is 1. The van der Waals surface area contributed by atoms with Gasteiger partial charge in [-0.15, -0.1) is 0 Å². The van der Waals surface area contributed by atoms with Crippen LogP contribution in [0.15, 0.2) is 54.1 Å². The van der Waals surface area contributed by atoms with Gasteiger partial charge in [-0.25, -0.2) is 13.6 Å². The van der Waals surface area contributed by atoms with Crippen molar-refractivity contribution in [2.75, 3.05) is 0 Å². The largest absolute Gasteiger partial charge is 0.421 e. The van der Waals surface area contributed by atoms with Crippen molar-refractivity contribution in [1.29, 1.82) is 0 Å². The second-order valence-electron chi connectivity index (χ2n) is 5.09. The Labute approximate surface area is 125 Å². The van der Waals surface area contributed by atoms with E-state index in [1.165, 1.54) is 30.3 Å². The molecular weight excluding hydrogens is 290 g/mol. The fourth-order valence-corrected chi connectivity index (χ4v) is 2.42. The molecule has 0 aromatic heterocycles. The highest BCUT2D eigenvalue weighted by Crippen LogP contribution is 2.36. The molecule has 1 heterocycles. The maximum Gasteiger partial charge on any atom is 0.333 e. The Morgan fingerprint density at radius 2 is 1.77 bits per heavy atom. The minimum atomic E-state index is -1.79. The molecule has 1 N–H and O–H groups in total. The third-order valence-electron chi connectivity index (χ3n) is 3.64. The van der Waals surface area contributed by atoms with Gasteiger partial charge in [0.2, 0.25) is 0 Å². The lowest BCUT2D eigenvalue weighted by Crippen LogP contribution is -2.27. The Hall–Kier alpha value is -2.53. The molecule has 5 heteroatoms. The lowest BCUT2D eigenvalue weighted by atomic mass is 9.96. The summed E-state index contributed by atoms with van der Waals surface area (Å²) in [6.45, 7) is 1.58. The Morgan fingerprint density at radius 1 is 1.09 bits per heavy atom. The first-order valence-corrected chi connectivity index (χ1v) is 6.60. The molecule has 112 valence electrons. The van der Waals surface area contributed by atoms with Gasteiger partial charge in [-0.2, -0.15) is 0 Å². The van der Waals surface area contributed by atoms with Gasteiger partial charge in [-0.3, -0.25) is 0 Å². The Morgan fingerprint density at radius 3 is 2.32 bits per heavy atom. The standard InChI is InChI=1S/C17H12F2O3/c1-10-8-16(20)22-17(10,21)12-4-2-11(3-5-12)14-7-6-13(18)9-15(14)19/h2-9,21H,1H3/t17-/m1/s1. The molecule has 0 amide bonds. The smallest absolute Gasteiger partial charge is 0.333 e. The van der Waals surface area contributed by atoms with Gasteiger partial charge in [-0.1, -0.05) is 24.3 Å². The Bertz CT molecular complexity index is 781. The molecule has 0 unspecified atom stereocenters. The van der Waals surface area contributed by atoms with Crippen LogP contribution in [0.3, 0.4) is 0 Å². The molecule has 0 aliphatic carbocycles. The fraction of sp³-hybridized carbons (Fsp3) is 0.118. The van der Waals surface area contributed by atoms with E-state index >= 15 is 0 Å². The third-order valence-corrected chi connectivity index (χ3v) is 3.64. The number of hydrogen-bond acceptors (Lipinski definition) is 3. The minimum Gasteiger partial charge on any atom is -0.421 e. The van der Waals surface area contributed by atoms with E-state index in [4.69, 9.17) is 4.74 Å². The molecule has 1 atom stereocenters. The Balaban J connectivity index is 1.97. The average Bonchev–Trinajstić information content (AvgIpc) is 2.73. The predicted molar refractivity (Wildman–Crippen MR) is 75.5 cm³/mol. The number of ether oxygens (including phenoxy) is 1. The zero-order valence-electron chi connectivity index (χ0n) is 11.6. The summed E-state index contributed by atoms with van der Waals surface area (Å²) in [6.07, 6.45) is 1.22. The molecule has 22 heavy (non-hydrogen) atoms. The van der Waals surface area contributed by atoms with Crippen LogP contribution >= 0.6 is 0 Å². The maximum atomic E-state index is 13.8. The van der Waals surface area contributed by atoms with E-state index in [0.717, 1.165) is 6.07 Å². The first-order chi connectivity index (χ1) is 10.4. The molecule has 1 aliphatic heterocycles. The molecule has 2 aromatic rings. The summed E-state index contributed by atoms with van der Waals surface area (Å²) in [4.78, 5) is 11.3. The van der Waals surface area contributed by atoms with Crippen molar-refractivity contribution in [3.8, 4) is 11.1 Å². The number of hydrogen-bond donors (Lipinski definition) is 1. The number of benzene rings is 2. The van der Waals surface area contributed by atoms with Crippen LogP contribution < -0.4 is 0 Å². The van der Waals surface area contributed by atoms with Crippen molar-refractivity contribution in [1.82, 2.24) is 0 Å². The van der Waals surface area contributed by atoms with Gasteiger partial charge in [0.15, 0.2) is 0 Å². The number of carbonyl (C=O) groups excluding carboxylic acids is 1. The molecule has 3 rings (SSSR count). The highest BCUT2D eigenvalue weighted by Gasteiger charge is 2.40. The number of carbonyl (C=O) groups is 1. The molecule has 3 nitrogen and oxygen atoms in total. The van der Waals surface area contributed by atoms with E-state index in [2.05, 4.69) is 0 Å². The van der Waals surface area contributed by atoms with E-state index in [-0.39, 0.29) is 5.56 Å². The van der Waals surface area contributed by atoms with E-state index < -0.39 is 23.4 Å². The lowest BCUT2D eigenvalue weighted by molar-refractivity contribution is -0.185. The van der Waals surface area contributed by atoms with Crippen LogP contribution in [0.1, 0.15) is 12.5 Å². The lowest BCUT2D eigenvalue weighted by Gasteiger charge is -2.23. The molecular formula is C17H12F2O3. The summed E-state index contributed by atoms with van der Waals surface area (Å²) < 4.78 is 31.6. The zero-order valence-corrected chi connectivity index (χ0v) is 11.6. The Kier molecular flexibility index (Phi) is 3.30. The molecule has 0 spiro atoms. The van der Waals surface area contributed by atoms with Gasteiger partial charge in [0.25, 0.3) is 5.79 Å². The number of rotatable bonds is 2. The van der Waals surface area contributed by atoms with Crippen LogP contribution in [-0.4, -0.2) is 11.1 Å². The molecule has 0 fully saturated rings. The number of halogens is 2. The van der Waals surface area contributed by atoms with Crippen LogP contribution in [0, 0.1) is 11.6 Å². The molecule has 0 bridgehead atoms. The summed E-state index contributed by atoms with van der Waals surface area (Å²) in [6, 6.07) is 9.54. The predicted octanol–water partition coefficient (Wildman–Crippen LogP) is 3.28. The van der Waals surface area contributed by atoms with Gasteiger partial charge >= 0.3 is 5.97 Å². The van der Waals surface area contributed by atoms with Crippen molar-refractivity contribution in [3.63, 3.8) is 0 Å². The normalized spacial score (nSPS) is 20.7. The minimum absolute atomic E-state index is 0.246. The van der Waals surface area contributed by atoms with E-state index in [9.17, 15) is 18.7 Å². The summed E-state index contributed by atoms with van der Waals surface area (Å²) in [5.41, 5.74) is 1.50. The first kappa shape index (κ1) is 14.4. The molecule has 0 saturated heterocycles. The van der Waals surface area contributed by atoms with E-state index in [1.54, 1.807) is 19.1 Å². The van der Waals surface area contributed by atoms with Crippen LogP contribution in [0.25, 0.3) is 11.1 Å². The van der Waals surface area contributed by atoms with Crippen molar-refractivity contribution < 1.29 is 23.4 Å². The van der Waals surface area contributed by atoms with Crippen molar-refractivity contribution in [2.24, 2.45) is 0 Å². The van der Waals surface area contributed by atoms with Gasteiger partial charge < -0.3 is 9.84 Å². The van der Waals surface area contributed by atoms with E-state index in [1.807, 2.05) is 0 Å². The summed E-state index contributed by atoms with van der Waals surface area (Å²) in [5, 5.41) is 10.4. The van der Waals surface area contributed by atoms with Crippen LogP contribution in [0.2, 0.25) is 0 Å². The quantitative estimate of drug-likeness (QED) is 0.866. The van der Waals surface area contributed by atoms with Crippen LogP contribution in [0.4, 0.5) is 8.78 Å². The monoisotopic (exact) mass is 302 g/mol. The fourth-order valence-electron chi connectivity index (χ4n) is 2.42. The SMILES string of the molecule is CC1=CC(=O)O[C@@]1(O)c1ccc(-c2ccc(F)cc2F)cc1. The van der Waals surface area contributed by atoms with Gasteiger partial charge in [0.05, 0.1) is 0 Å². The van der Waals surface area contributed by atoms with Crippen LogP contribution in [-0.2, 0) is 15.3 Å². The van der Waals surface area contributed by atoms with Gasteiger partial charge in [-0.05, 0) is 24.6 Å².